The van der Waals surface area contributed by atoms with Gasteiger partial charge in [-0.2, -0.15) is 11.8 Å². The maximum absolute atomic E-state index is 12.4. The number of hydrogen-bond acceptors (Lipinski definition) is 4. The van der Waals surface area contributed by atoms with E-state index in [1.54, 1.807) is 11.4 Å². The van der Waals surface area contributed by atoms with Crippen molar-refractivity contribution < 1.29 is 8.42 Å². The number of thioether (sulfide) groups is 1. The third kappa shape index (κ3) is 4.83. The van der Waals surface area contributed by atoms with Gasteiger partial charge in [0.25, 0.3) is 0 Å². The Balaban J connectivity index is 1.48. The highest BCUT2D eigenvalue weighted by atomic mass is 32.2. The Labute approximate surface area is 156 Å². The van der Waals surface area contributed by atoms with Gasteiger partial charge in [-0.15, -0.1) is 0 Å². The van der Waals surface area contributed by atoms with Crippen LogP contribution in [0.25, 0.3) is 0 Å². The number of nitrogens with one attached hydrogen (secondary N) is 1. The lowest BCUT2D eigenvalue weighted by Gasteiger charge is -2.33. The monoisotopic (exact) mass is 388 g/mol. The van der Waals surface area contributed by atoms with E-state index in [0.29, 0.717) is 25.0 Å². The number of hydrogen-bond donors (Lipinski definition) is 1. The lowest BCUT2D eigenvalue weighted by Crippen LogP contribution is -2.45. The summed E-state index contributed by atoms with van der Waals surface area (Å²) in [6, 6.07) is 0. The minimum Gasteiger partial charge on any atom is -0.355 e. The SMILES string of the molecule is CN=C(NCCS(=O)(=O)N1CCSCC1)N1CCC2(CCCCC2)C1. The molecule has 3 rings (SSSR count). The van der Waals surface area contributed by atoms with Crippen LogP contribution in [0.15, 0.2) is 4.99 Å². The van der Waals surface area contributed by atoms with E-state index in [4.69, 9.17) is 0 Å². The Morgan fingerprint density at radius 3 is 2.52 bits per heavy atom. The second-order valence-corrected chi connectivity index (χ2v) is 10.8. The van der Waals surface area contributed by atoms with Crippen molar-refractivity contribution in [2.45, 2.75) is 38.5 Å². The molecule has 3 fully saturated rings. The van der Waals surface area contributed by atoms with Crippen LogP contribution in [0.1, 0.15) is 38.5 Å². The Bertz CT molecular complexity index is 567. The second kappa shape index (κ2) is 8.48. The summed E-state index contributed by atoms with van der Waals surface area (Å²) in [6.45, 7) is 3.84. The summed E-state index contributed by atoms with van der Waals surface area (Å²) in [6.07, 6.45) is 8.00. The molecular formula is C17H32N4O2S2. The molecule has 8 heteroatoms. The average Bonchev–Trinajstić information content (AvgIpc) is 3.03. The molecule has 0 bridgehead atoms. The van der Waals surface area contributed by atoms with Crippen molar-refractivity contribution in [2.24, 2.45) is 10.4 Å². The quantitative estimate of drug-likeness (QED) is 0.585. The van der Waals surface area contributed by atoms with Gasteiger partial charge in [0.2, 0.25) is 10.0 Å². The van der Waals surface area contributed by atoms with Gasteiger partial charge in [0.05, 0.1) is 5.75 Å². The molecule has 0 unspecified atom stereocenters. The lowest BCUT2D eigenvalue weighted by atomic mass is 9.73. The molecule has 1 spiro atoms. The molecule has 0 aromatic rings. The predicted molar refractivity (Wildman–Crippen MR) is 106 cm³/mol. The Kier molecular flexibility index (Phi) is 6.55. The van der Waals surface area contributed by atoms with Gasteiger partial charge in [-0.3, -0.25) is 4.99 Å². The highest BCUT2D eigenvalue weighted by molar-refractivity contribution is 7.99. The molecule has 0 atom stereocenters. The molecular weight excluding hydrogens is 356 g/mol. The van der Waals surface area contributed by atoms with Crippen LogP contribution in [0.4, 0.5) is 0 Å². The fourth-order valence-electron chi connectivity index (χ4n) is 4.40. The normalized spacial score (nSPS) is 25.5. The third-order valence-electron chi connectivity index (χ3n) is 5.87. The minimum atomic E-state index is -3.15. The van der Waals surface area contributed by atoms with E-state index >= 15 is 0 Å². The van der Waals surface area contributed by atoms with Crippen LogP contribution in [-0.4, -0.2) is 80.6 Å². The molecule has 2 heterocycles. The number of likely N-dealkylation sites (tertiary alicyclic amines) is 1. The molecule has 1 N–H and O–H groups in total. The third-order valence-corrected chi connectivity index (χ3v) is 8.68. The molecule has 144 valence electrons. The average molecular weight is 389 g/mol. The van der Waals surface area contributed by atoms with Crippen molar-refractivity contribution in [1.82, 2.24) is 14.5 Å². The summed E-state index contributed by atoms with van der Waals surface area (Å²) in [7, 11) is -1.36. The fraction of sp³-hybridized carbons (Fsp3) is 0.941. The molecule has 1 aliphatic carbocycles. The van der Waals surface area contributed by atoms with Gasteiger partial charge in [0.15, 0.2) is 5.96 Å². The van der Waals surface area contributed by atoms with Crippen LogP contribution in [0.3, 0.4) is 0 Å². The number of guanidine groups is 1. The zero-order valence-corrected chi connectivity index (χ0v) is 17.0. The van der Waals surface area contributed by atoms with Gasteiger partial charge in [-0.05, 0) is 24.7 Å². The molecule has 1 saturated carbocycles. The van der Waals surface area contributed by atoms with E-state index in [-0.39, 0.29) is 5.75 Å². The van der Waals surface area contributed by atoms with Crippen molar-refractivity contribution >= 4 is 27.7 Å². The second-order valence-electron chi connectivity index (χ2n) is 7.53. The van der Waals surface area contributed by atoms with Gasteiger partial charge >= 0.3 is 0 Å². The molecule has 0 amide bonds. The van der Waals surface area contributed by atoms with Crippen LogP contribution in [0, 0.1) is 5.41 Å². The molecule has 6 nitrogen and oxygen atoms in total. The summed E-state index contributed by atoms with van der Waals surface area (Å²) >= 11 is 1.83. The Morgan fingerprint density at radius 1 is 1.12 bits per heavy atom. The van der Waals surface area contributed by atoms with E-state index in [1.165, 1.54) is 38.5 Å². The van der Waals surface area contributed by atoms with Crippen molar-refractivity contribution in [1.29, 1.82) is 0 Å². The largest absolute Gasteiger partial charge is 0.355 e. The fourth-order valence-corrected chi connectivity index (χ4v) is 6.90. The predicted octanol–water partition coefficient (Wildman–Crippen LogP) is 1.60. The molecule has 2 aliphatic heterocycles. The van der Waals surface area contributed by atoms with Gasteiger partial charge in [0.1, 0.15) is 0 Å². The van der Waals surface area contributed by atoms with Gasteiger partial charge in [0, 0.05) is 51.3 Å². The van der Waals surface area contributed by atoms with Gasteiger partial charge in [-0.25, -0.2) is 12.7 Å². The number of sulfonamides is 1. The molecule has 3 aliphatic rings. The zero-order valence-electron chi connectivity index (χ0n) is 15.4. The zero-order chi connectivity index (χ0) is 17.8. The van der Waals surface area contributed by atoms with Gasteiger partial charge in [-0.1, -0.05) is 19.3 Å². The van der Waals surface area contributed by atoms with E-state index in [1.807, 2.05) is 11.8 Å². The summed E-state index contributed by atoms with van der Waals surface area (Å²) in [4.78, 5) is 6.73. The van der Waals surface area contributed by atoms with Crippen LogP contribution in [0.5, 0.6) is 0 Å². The standard InChI is InChI=1S/C17H32N4O2S2/c1-18-16(20-9-7-17(15-20)5-3-2-4-6-17)19-8-14-25(22,23)21-10-12-24-13-11-21/h2-15H2,1H3,(H,18,19). The number of aliphatic imine (C=N–C) groups is 1. The molecule has 0 aromatic heterocycles. The minimum absolute atomic E-state index is 0.148. The first-order valence-electron chi connectivity index (χ1n) is 9.56. The van der Waals surface area contributed by atoms with Gasteiger partial charge < -0.3 is 10.2 Å². The first-order valence-corrected chi connectivity index (χ1v) is 12.3. The van der Waals surface area contributed by atoms with Crippen LogP contribution in [0.2, 0.25) is 0 Å². The lowest BCUT2D eigenvalue weighted by molar-refractivity contribution is 0.203. The first kappa shape index (κ1) is 19.3. The summed E-state index contributed by atoms with van der Waals surface area (Å²) in [5.74, 6) is 2.83. The topological polar surface area (TPSA) is 65.0 Å². The number of rotatable bonds is 4. The summed E-state index contributed by atoms with van der Waals surface area (Å²) < 4.78 is 26.5. The van der Waals surface area contributed by atoms with E-state index in [9.17, 15) is 8.42 Å². The van der Waals surface area contributed by atoms with Crippen molar-refractivity contribution in [3.05, 3.63) is 0 Å². The molecule has 0 radical (unpaired) electrons. The molecule has 0 aromatic carbocycles. The van der Waals surface area contributed by atoms with E-state index in [2.05, 4.69) is 15.2 Å². The van der Waals surface area contributed by atoms with Crippen molar-refractivity contribution in [3.8, 4) is 0 Å². The van der Waals surface area contributed by atoms with Crippen LogP contribution in [-0.2, 0) is 10.0 Å². The van der Waals surface area contributed by atoms with E-state index in [0.717, 1.165) is 30.6 Å². The van der Waals surface area contributed by atoms with Crippen LogP contribution < -0.4 is 5.32 Å². The van der Waals surface area contributed by atoms with Crippen LogP contribution >= 0.6 is 11.8 Å². The number of nitrogens with zero attached hydrogens (tertiary/aromatic N) is 3. The molecule has 2 saturated heterocycles. The summed E-state index contributed by atoms with van der Waals surface area (Å²) in [5.41, 5.74) is 0.480. The summed E-state index contributed by atoms with van der Waals surface area (Å²) in [5, 5.41) is 3.29. The first-order chi connectivity index (χ1) is 12.0. The maximum Gasteiger partial charge on any atom is 0.215 e. The highest BCUT2D eigenvalue weighted by Crippen LogP contribution is 2.43. The van der Waals surface area contributed by atoms with Crippen molar-refractivity contribution in [2.75, 3.05) is 57.0 Å². The Hall–Kier alpha value is -0.470. The molecule has 25 heavy (non-hydrogen) atoms. The highest BCUT2D eigenvalue weighted by Gasteiger charge is 2.39. The Morgan fingerprint density at radius 2 is 1.84 bits per heavy atom. The van der Waals surface area contributed by atoms with E-state index < -0.39 is 10.0 Å². The van der Waals surface area contributed by atoms with Crippen molar-refractivity contribution in [3.63, 3.8) is 0 Å². The maximum atomic E-state index is 12.4. The smallest absolute Gasteiger partial charge is 0.215 e.